The number of para-hydroxylation sites is 4. The number of aromatic nitrogens is 2. The molecule has 4 heterocycles. The third kappa shape index (κ3) is 9.47. The highest BCUT2D eigenvalue weighted by Gasteiger charge is 2.47. The fraction of sp³-hybridized carbons (Fsp3) is 0.124. The summed E-state index contributed by atoms with van der Waals surface area (Å²) in [7, 11) is -2.25. The Hall–Kier alpha value is -10.7. The van der Waals surface area contributed by atoms with Crippen LogP contribution >= 0.6 is 0 Å². The Morgan fingerprint density at radius 1 is 0.295 bits per heavy atom. The predicted molar refractivity (Wildman–Crippen MR) is 411 cm³/mol. The van der Waals surface area contributed by atoms with E-state index in [0.717, 1.165) is 34.1 Å². The molecule has 0 N–H and O–H groups in total. The zero-order chi connectivity index (χ0) is 64.6. The molecule has 0 aliphatic carbocycles. The molecule has 0 saturated heterocycles. The van der Waals surface area contributed by atoms with Crippen molar-refractivity contribution in [2.45, 2.75) is 72.0 Å². The van der Waals surface area contributed by atoms with Crippen LogP contribution < -0.4 is 31.4 Å². The maximum atomic E-state index is 2.75. The minimum atomic E-state index is -2.25. The summed E-state index contributed by atoms with van der Waals surface area (Å²) in [6.07, 6.45) is 0. The molecule has 17 rings (SSSR count). The summed E-state index contributed by atoms with van der Waals surface area (Å²) in [4.78, 5) is 5.49. The predicted octanol–water partition coefficient (Wildman–Crippen LogP) is 21.8. The zero-order valence-electron chi connectivity index (χ0n) is 55.6. The van der Waals surface area contributed by atoms with Gasteiger partial charge in [0, 0.05) is 77.9 Å². The second-order valence-corrected chi connectivity index (χ2v) is 34.4. The third-order valence-electron chi connectivity index (χ3n) is 20.3. The van der Waals surface area contributed by atoms with Crippen LogP contribution in [0.15, 0.2) is 291 Å². The SMILES string of the molecule is CC(C)(C)c1cc(-c2ccccc2)c(N2c3cc(-n4c5ccccc5c5ccccc54)ccc3B3c4ccc(-n5c6ccccc6c6ccccc65)cc4N(c4c(-c5ccccc5)cc(C(C)(C)C)cc4-c4ccccc4)c4cc([Si](C)(C)C)cc2c43)c(-c2ccccc2)c1. The van der Waals surface area contributed by atoms with Crippen molar-refractivity contribution in [2.24, 2.45) is 0 Å². The first-order valence-corrected chi connectivity index (χ1v) is 37.2. The highest BCUT2D eigenvalue weighted by Crippen LogP contribution is 2.55. The highest BCUT2D eigenvalue weighted by atomic mass is 28.3. The van der Waals surface area contributed by atoms with E-state index in [1.807, 2.05) is 0 Å². The van der Waals surface area contributed by atoms with Crippen LogP contribution in [0, 0.1) is 0 Å². The van der Waals surface area contributed by atoms with Crippen molar-refractivity contribution in [2.75, 3.05) is 9.80 Å². The summed E-state index contributed by atoms with van der Waals surface area (Å²) in [5, 5.41) is 6.34. The van der Waals surface area contributed by atoms with Crippen molar-refractivity contribution in [3.8, 4) is 55.9 Å². The number of hydrogen-bond acceptors (Lipinski definition) is 2. The zero-order valence-corrected chi connectivity index (χ0v) is 56.6. The van der Waals surface area contributed by atoms with Crippen LogP contribution in [0.1, 0.15) is 52.7 Å². The minimum Gasteiger partial charge on any atom is -0.310 e. The van der Waals surface area contributed by atoms with Gasteiger partial charge in [-0.15, -0.1) is 0 Å². The first-order valence-electron chi connectivity index (χ1n) is 33.7. The first-order chi connectivity index (χ1) is 46.1. The van der Waals surface area contributed by atoms with E-state index >= 15 is 0 Å². The van der Waals surface area contributed by atoms with Gasteiger partial charge in [0.25, 0.3) is 6.71 Å². The number of rotatable bonds is 9. The molecule has 0 atom stereocenters. The molecule has 458 valence electrons. The average molecular weight is 1240 g/mol. The van der Waals surface area contributed by atoms with Crippen molar-refractivity contribution in [1.82, 2.24) is 9.13 Å². The largest absolute Gasteiger partial charge is 0.310 e. The van der Waals surface area contributed by atoms with Gasteiger partial charge in [0.15, 0.2) is 0 Å². The molecule has 13 aromatic carbocycles. The van der Waals surface area contributed by atoms with Gasteiger partial charge < -0.3 is 18.9 Å². The van der Waals surface area contributed by atoms with Crippen LogP contribution in [0.5, 0.6) is 0 Å². The second-order valence-electron chi connectivity index (χ2n) is 29.3. The molecule has 2 aliphatic heterocycles. The van der Waals surface area contributed by atoms with E-state index in [4.69, 9.17) is 0 Å². The van der Waals surface area contributed by atoms with E-state index in [1.165, 1.54) is 132 Å². The number of anilines is 6. The minimum absolute atomic E-state index is 0.172. The van der Waals surface area contributed by atoms with Crippen molar-refractivity contribution in [3.63, 3.8) is 0 Å². The lowest BCUT2D eigenvalue weighted by molar-refractivity contribution is 0.590. The summed E-state index contributed by atoms with van der Waals surface area (Å²) in [6, 6.07) is 111. The molecule has 0 unspecified atom stereocenters. The first kappa shape index (κ1) is 58.2. The monoisotopic (exact) mass is 1240 g/mol. The lowest BCUT2D eigenvalue weighted by Crippen LogP contribution is -2.62. The molecule has 2 aromatic heterocycles. The van der Waals surface area contributed by atoms with Gasteiger partial charge in [-0.3, -0.25) is 0 Å². The fourth-order valence-electron chi connectivity index (χ4n) is 15.5. The van der Waals surface area contributed by atoms with Crippen LogP contribution in [-0.2, 0) is 10.8 Å². The van der Waals surface area contributed by atoms with Crippen molar-refractivity contribution >= 4 is 114 Å². The van der Waals surface area contributed by atoms with E-state index in [1.54, 1.807) is 0 Å². The Labute approximate surface area is 559 Å². The van der Waals surface area contributed by atoms with Gasteiger partial charge in [-0.25, -0.2) is 0 Å². The van der Waals surface area contributed by atoms with Crippen LogP contribution in [0.3, 0.4) is 0 Å². The van der Waals surface area contributed by atoms with Gasteiger partial charge in [-0.05, 0) is 146 Å². The number of fused-ring (bicyclic) bond motifs is 10. The molecule has 0 saturated carbocycles. The maximum absolute atomic E-state index is 2.75. The highest BCUT2D eigenvalue weighted by molar-refractivity contribution is 7.00. The normalized spacial score (nSPS) is 13.0. The summed E-state index contributed by atoms with van der Waals surface area (Å²) in [5.74, 6) is 0. The topological polar surface area (TPSA) is 16.3 Å². The quantitative estimate of drug-likeness (QED) is 0.134. The molecule has 0 radical (unpaired) electrons. The van der Waals surface area contributed by atoms with E-state index in [-0.39, 0.29) is 17.5 Å². The van der Waals surface area contributed by atoms with Gasteiger partial charge in [0.2, 0.25) is 0 Å². The van der Waals surface area contributed by atoms with Crippen molar-refractivity contribution in [1.29, 1.82) is 0 Å². The molecular weight excluding hydrogens is 1160 g/mol. The van der Waals surface area contributed by atoms with E-state index in [2.05, 4.69) is 371 Å². The number of nitrogens with zero attached hydrogens (tertiary/aromatic N) is 4. The Balaban J connectivity index is 1.07. The lowest BCUT2D eigenvalue weighted by atomic mass is 9.33. The molecule has 0 bridgehead atoms. The Morgan fingerprint density at radius 2 is 0.579 bits per heavy atom. The van der Waals surface area contributed by atoms with Gasteiger partial charge in [0.1, 0.15) is 0 Å². The average Bonchev–Trinajstić information content (AvgIpc) is 1.11. The summed E-state index contributed by atoms with van der Waals surface area (Å²) >= 11 is 0. The van der Waals surface area contributed by atoms with Crippen molar-refractivity contribution in [3.05, 3.63) is 302 Å². The molecule has 4 nitrogen and oxygen atoms in total. The maximum Gasteiger partial charge on any atom is 0.252 e. The van der Waals surface area contributed by atoms with Gasteiger partial charge in [-0.1, -0.05) is 273 Å². The summed E-state index contributed by atoms with van der Waals surface area (Å²) in [6.45, 7) is 21.6. The molecule has 6 heteroatoms. The number of hydrogen-bond donors (Lipinski definition) is 0. The summed E-state index contributed by atoms with van der Waals surface area (Å²) in [5.41, 5.74) is 29.5. The van der Waals surface area contributed by atoms with E-state index in [0.29, 0.717) is 0 Å². The van der Waals surface area contributed by atoms with Crippen LogP contribution in [0.4, 0.5) is 34.1 Å². The summed E-state index contributed by atoms with van der Waals surface area (Å²) < 4.78 is 5.01. The molecule has 0 spiro atoms. The van der Waals surface area contributed by atoms with E-state index < -0.39 is 8.07 Å². The Kier molecular flexibility index (Phi) is 13.5. The Bertz CT molecular complexity index is 4990. The van der Waals surface area contributed by atoms with E-state index in [9.17, 15) is 0 Å². The van der Waals surface area contributed by atoms with Gasteiger partial charge in [-0.2, -0.15) is 0 Å². The molecule has 2 aliphatic rings. The smallest absolute Gasteiger partial charge is 0.252 e. The second kappa shape index (κ2) is 22.0. The van der Waals surface area contributed by atoms with Gasteiger partial charge in [0.05, 0.1) is 41.5 Å². The molecular formula is C89H75BN4Si. The van der Waals surface area contributed by atoms with Crippen LogP contribution in [0.25, 0.3) is 99.5 Å². The van der Waals surface area contributed by atoms with Crippen LogP contribution in [0.2, 0.25) is 19.6 Å². The van der Waals surface area contributed by atoms with Crippen LogP contribution in [-0.4, -0.2) is 23.9 Å². The lowest BCUT2D eigenvalue weighted by Gasteiger charge is -2.46. The molecule has 95 heavy (non-hydrogen) atoms. The molecule has 0 amide bonds. The van der Waals surface area contributed by atoms with Crippen molar-refractivity contribution < 1.29 is 0 Å². The molecule has 0 fully saturated rings. The fourth-order valence-corrected chi connectivity index (χ4v) is 16.7. The third-order valence-corrected chi connectivity index (χ3v) is 22.3. The standard InChI is InChI=1S/C89H75BN4Si/c1-88(2,3)62-50-71(58-30-14-10-15-31-58)86(72(51-62)59-32-16-11-17-33-59)93-81-54-64(91-77-42-26-22-38-67(77)68-39-23-27-43-78(68)91)46-48-75(81)90-76-49-47-65(92-79-44-28-24-40-69(79)70-41-25-29-45-80(70)92)55-82(76)94(84-57-66(95(7,8)9)56-83(93)85(84)90)87-73(60-34-18-12-19-35-60)52-63(89(4,5)6)53-74(87)61-36-20-13-21-37-61/h10-57H,1-9H3. The molecule has 15 aromatic rings. The Morgan fingerprint density at radius 3 is 0.863 bits per heavy atom. The number of benzene rings is 13. The van der Waals surface area contributed by atoms with Gasteiger partial charge >= 0.3 is 0 Å².